The monoisotopic (exact) mass is 315 g/mol. The van der Waals surface area contributed by atoms with Gasteiger partial charge in [0.2, 0.25) is 0 Å². The maximum Gasteiger partial charge on any atom is 0.352 e. The Balaban J connectivity index is 2.31. The number of hydrogen-bond acceptors (Lipinski definition) is 3. The Kier molecular flexibility index (Phi) is 3.85. The lowest BCUT2D eigenvalue weighted by molar-refractivity contribution is 0.0681. The number of rotatable bonds is 3. The normalized spacial score (nSPS) is 21.7. The zero-order valence-corrected chi connectivity index (χ0v) is 13.8. The molecule has 6 heteroatoms. The summed E-state index contributed by atoms with van der Waals surface area (Å²) < 4.78 is 9.71. The molecule has 1 aromatic carbocycles. The third kappa shape index (κ3) is 2.30. The van der Waals surface area contributed by atoms with E-state index in [-0.39, 0.29) is 29.6 Å². The van der Waals surface area contributed by atoms with Crippen molar-refractivity contribution in [2.75, 3.05) is 7.11 Å². The first-order chi connectivity index (χ1) is 11.0. The van der Waals surface area contributed by atoms with Crippen LogP contribution >= 0.6 is 0 Å². The van der Waals surface area contributed by atoms with Gasteiger partial charge in [-0.3, -0.25) is 0 Å². The van der Waals surface area contributed by atoms with Crippen molar-refractivity contribution in [3.8, 4) is 5.69 Å². The van der Waals surface area contributed by atoms with E-state index in [1.165, 1.54) is 13.9 Å². The molecule has 0 fully saturated rings. The van der Waals surface area contributed by atoms with Gasteiger partial charge in [-0.2, -0.15) is 0 Å². The number of benzene rings is 1. The number of hydrogen-bond donors (Lipinski definition) is 0. The van der Waals surface area contributed by atoms with Crippen molar-refractivity contribution < 1.29 is 4.74 Å². The first-order valence-electron chi connectivity index (χ1n) is 7.70. The SMILES string of the molecule is COC(C)[C@H]1C(C)=C[C@H](C)n2c(=O)n(-c3ccccc3)c(=O)n21. The molecule has 1 aromatic heterocycles. The summed E-state index contributed by atoms with van der Waals surface area (Å²) in [5, 5.41) is 0. The Bertz CT molecular complexity index is 857. The molecule has 3 rings (SSSR count). The predicted molar refractivity (Wildman–Crippen MR) is 88.3 cm³/mol. The number of para-hydroxylation sites is 1. The van der Waals surface area contributed by atoms with Gasteiger partial charge in [-0.25, -0.2) is 23.5 Å². The second-order valence-corrected chi connectivity index (χ2v) is 5.96. The van der Waals surface area contributed by atoms with E-state index in [1.807, 2.05) is 45.0 Å². The largest absolute Gasteiger partial charge is 0.379 e. The van der Waals surface area contributed by atoms with Crippen molar-refractivity contribution in [1.29, 1.82) is 0 Å². The van der Waals surface area contributed by atoms with E-state index in [1.54, 1.807) is 19.2 Å². The summed E-state index contributed by atoms with van der Waals surface area (Å²) in [4.78, 5) is 25.8. The van der Waals surface area contributed by atoms with Gasteiger partial charge >= 0.3 is 11.4 Å². The fourth-order valence-electron chi connectivity index (χ4n) is 3.33. The molecule has 0 radical (unpaired) electrons. The third-order valence-corrected chi connectivity index (χ3v) is 4.46. The van der Waals surface area contributed by atoms with Gasteiger partial charge in [0.15, 0.2) is 0 Å². The number of methoxy groups -OCH3 is 1. The van der Waals surface area contributed by atoms with Crippen LogP contribution in [0.2, 0.25) is 0 Å². The summed E-state index contributed by atoms with van der Waals surface area (Å²) in [7, 11) is 1.61. The Hall–Kier alpha value is -2.34. The summed E-state index contributed by atoms with van der Waals surface area (Å²) in [6, 6.07) is 8.52. The molecule has 6 nitrogen and oxygen atoms in total. The van der Waals surface area contributed by atoms with Crippen LogP contribution in [0.15, 0.2) is 51.6 Å². The van der Waals surface area contributed by atoms with Crippen molar-refractivity contribution >= 4 is 0 Å². The van der Waals surface area contributed by atoms with Crippen LogP contribution in [0.4, 0.5) is 0 Å². The predicted octanol–water partition coefficient (Wildman–Crippen LogP) is 1.90. The van der Waals surface area contributed by atoms with Crippen LogP contribution in [0.1, 0.15) is 32.9 Å². The molecule has 0 spiro atoms. The second-order valence-electron chi connectivity index (χ2n) is 5.96. The van der Waals surface area contributed by atoms with Crippen LogP contribution in [-0.2, 0) is 4.74 Å². The average molecular weight is 315 g/mol. The lowest BCUT2D eigenvalue weighted by atomic mass is 10.0. The molecule has 1 unspecified atom stereocenters. The molecule has 1 aliphatic rings. The Morgan fingerprint density at radius 3 is 2.30 bits per heavy atom. The number of nitrogens with zero attached hydrogens (tertiary/aromatic N) is 3. The first-order valence-corrected chi connectivity index (χ1v) is 7.70. The zero-order valence-electron chi connectivity index (χ0n) is 13.8. The minimum absolute atomic E-state index is 0.180. The smallest absolute Gasteiger partial charge is 0.352 e. The molecule has 0 bridgehead atoms. The highest BCUT2D eigenvalue weighted by Crippen LogP contribution is 2.28. The molecule has 0 amide bonds. The van der Waals surface area contributed by atoms with Crippen molar-refractivity contribution in [2.45, 2.75) is 39.0 Å². The highest BCUT2D eigenvalue weighted by molar-refractivity contribution is 5.31. The molecule has 2 heterocycles. The van der Waals surface area contributed by atoms with Gasteiger partial charge in [0.25, 0.3) is 0 Å². The molecular formula is C17H21N3O3. The van der Waals surface area contributed by atoms with E-state index >= 15 is 0 Å². The summed E-state index contributed by atoms with van der Waals surface area (Å²) >= 11 is 0. The van der Waals surface area contributed by atoms with Gasteiger partial charge in [0.1, 0.15) is 6.04 Å². The van der Waals surface area contributed by atoms with Crippen LogP contribution in [-0.4, -0.2) is 27.1 Å². The molecule has 122 valence electrons. The molecule has 1 aliphatic heterocycles. The molecular weight excluding hydrogens is 294 g/mol. The molecule has 2 aromatic rings. The highest BCUT2D eigenvalue weighted by atomic mass is 16.5. The minimum Gasteiger partial charge on any atom is -0.379 e. The van der Waals surface area contributed by atoms with E-state index in [9.17, 15) is 9.59 Å². The topological polar surface area (TPSA) is 58.2 Å². The quantitative estimate of drug-likeness (QED) is 0.813. The molecule has 0 saturated carbocycles. The van der Waals surface area contributed by atoms with E-state index in [2.05, 4.69) is 0 Å². The van der Waals surface area contributed by atoms with Crippen molar-refractivity contribution in [3.63, 3.8) is 0 Å². The Morgan fingerprint density at radius 1 is 1.09 bits per heavy atom. The molecule has 0 saturated heterocycles. The van der Waals surface area contributed by atoms with Gasteiger partial charge in [-0.15, -0.1) is 0 Å². The third-order valence-electron chi connectivity index (χ3n) is 4.46. The molecule has 3 atom stereocenters. The van der Waals surface area contributed by atoms with Gasteiger partial charge in [0, 0.05) is 7.11 Å². The van der Waals surface area contributed by atoms with Crippen LogP contribution in [0, 0.1) is 0 Å². The van der Waals surface area contributed by atoms with Gasteiger partial charge < -0.3 is 4.74 Å². The number of allylic oxidation sites excluding steroid dienone is 1. The Morgan fingerprint density at radius 2 is 1.70 bits per heavy atom. The van der Waals surface area contributed by atoms with Gasteiger partial charge in [-0.05, 0) is 38.5 Å². The van der Waals surface area contributed by atoms with E-state index in [0.29, 0.717) is 5.69 Å². The van der Waals surface area contributed by atoms with Crippen molar-refractivity contribution in [2.24, 2.45) is 0 Å². The summed E-state index contributed by atoms with van der Waals surface area (Å²) in [6.45, 7) is 5.78. The van der Waals surface area contributed by atoms with Gasteiger partial charge in [0.05, 0.1) is 17.8 Å². The van der Waals surface area contributed by atoms with E-state index in [0.717, 1.165) is 5.57 Å². The fraction of sp³-hybridized carbons (Fsp3) is 0.412. The van der Waals surface area contributed by atoms with Gasteiger partial charge in [-0.1, -0.05) is 24.3 Å². The highest BCUT2D eigenvalue weighted by Gasteiger charge is 2.33. The van der Waals surface area contributed by atoms with Crippen LogP contribution < -0.4 is 11.4 Å². The summed E-state index contributed by atoms with van der Waals surface area (Å²) in [5.74, 6) is 0. The zero-order chi connectivity index (χ0) is 16.7. The van der Waals surface area contributed by atoms with Crippen LogP contribution in [0.3, 0.4) is 0 Å². The molecule has 0 N–H and O–H groups in total. The standard InChI is InChI=1S/C17H21N3O3/c1-11-10-12(2)19-16(21)18(14-8-6-5-7-9-14)17(22)20(19)15(11)13(3)23-4/h5-10,12-13,15H,1-4H3/t12-,13?,15+/m0/s1. The number of aromatic nitrogens is 3. The summed E-state index contributed by atoms with van der Waals surface area (Å²) in [6.07, 6.45) is 1.80. The number of ether oxygens (including phenoxy) is 1. The van der Waals surface area contributed by atoms with Crippen molar-refractivity contribution in [3.05, 3.63) is 62.9 Å². The maximum absolute atomic E-state index is 13.0. The minimum atomic E-state index is -0.339. The van der Waals surface area contributed by atoms with E-state index < -0.39 is 0 Å². The van der Waals surface area contributed by atoms with E-state index in [4.69, 9.17) is 4.74 Å². The lowest BCUT2D eigenvalue weighted by Crippen LogP contribution is -2.40. The van der Waals surface area contributed by atoms with Crippen LogP contribution in [0.5, 0.6) is 0 Å². The number of fused-ring (bicyclic) bond motifs is 1. The summed E-state index contributed by atoms with van der Waals surface area (Å²) in [5.41, 5.74) is 0.935. The van der Waals surface area contributed by atoms with Crippen molar-refractivity contribution in [1.82, 2.24) is 13.9 Å². The van der Waals surface area contributed by atoms with Crippen LogP contribution in [0.25, 0.3) is 5.69 Å². The first kappa shape index (κ1) is 15.6. The lowest BCUT2D eigenvalue weighted by Gasteiger charge is -2.31. The molecule has 23 heavy (non-hydrogen) atoms. The second kappa shape index (κ2) is 5.70. The Labute approximate surface area is 134 Å². The fourth-order valence-corrected chi connectivity index (χ4v) is 3.33. The maximum atomic E-state index is 13.0. The average Bonchev–Trinajstić information content (AvgIpc) is 2.79. The molecule has 0 aliphatic carbocycles.